The summed E-state index contributed by atoms with van der Waals surface area (Å²) in [6.45, 7) is 5.32. The van der Waals surface area contributed by atoms with Crippen LogP contribution in [-0.2, 0) is 13.5 Å². The first-order valence-corrected chi connectivity index (χ1v) is 9.22. The van der Waals surface area contributed by atoms with E-state index in [1.54, 1.807) is 33.9 Å². The van der Waals surface area contributed by atoms with Gasteiger partial charge in [-0.2, -0.15) is 5.26 Å². The van der Waals surface area contributed by atoms with E-state index in [4.69, 9.17) is 4.42 Å². The largest absolute Gasteiger partial charge is 0.465 e. The van der Waals surface area contributed by atoms with Gasteiger partial charge in [0.05, 0.1) is 11.6 Å². The summed E-state index contributed by atoms with van der Waals surface area (Å²) in [5.74, 6) is -0.406. The molecule has 2 aromatic carbocycles. The quantitative estimate of drug-likeness (QED) is 0.722. The van der Waals surface area contributed by atoms with Gasteiger partial charge in [-0.05, 0) is 49.6 Å². The molecule has 0 fully saturated rings. The number of nitrogens with zero attached hydrogens (tertiary/aromatic N) is 3. The monoisotopic (exact) mass is 393 g/mol. The summed E-state index contributed by atoms with van der Waals surface area (Å²) in [6, 6.07) is 14.5. The Balaban J connectivity index is 1.86. The van der Waals surface area contributed by atoms with Crippen molar-refractivity contribution in [3.05, 3.63) is 58.6 Å². The Bertz CT molecular complexity index is 1140. The van der Waals surface area contributed by atoms with Crippen LogP contribution in [0.15, 0.2) is 51.7 Å². The van der Waals surface area contributed by atoms with Crippen LogP contribution in [0.1, 0.15) is 26.3 Å². The number of benzene rings is 2. The molecular weight excluding hydrogens is 370 g/mol. The zero-order valence-electron chi connectivity index (χ0n) is 16.8. The van der Waals surface area contributed by atoms with E-state index < -0.39 is 23.4 Å². The van der Waals surface area contributed by atoms with E-state index in [1.807, 2.05) is 36.4 Å². The average Bonchev–Trinajstić information content (AvgIpc) is 2.94. The van der Waals surface area contributed by atoms with Crippen molar-refractivity contribution in [3.8, 4) is 17.2 Å². The fraction of sp³-hybridized carbons (Fsp3) is 0.318. The average molecular weight is 393 g/mol. The van der Waals surface area contributed by atoms with Crippen LogP contribution in [0, 0.1) is 11.3 Å². The lowest BCUT2D eigenvalue weighted by molar-refractivity contribution is 0.0851. The number of aromatic nitrogens is 1. The molecule has 0 aliphatic rings. The van der Waals surface area contributed by atoms with Crippen molar-refractivity contribution in [3.63, 3.8) is 0 Å². The minimum absolute atomic E-state index is 0.301. The molecule has 1 N–H and O–H groups in total. The number of rotatable bonds is 4. The van der Waals surface area contributed by atoms with Gasteiger partial charge in [0.1, 0.15) is 6.04 Å². The normalized spacial score (nSPS) is 12.5. The second-order valence-corrected chi connectivity index (χ2v) is 7.98. The van der Waals surface area contributed by atoms with Gasteiger partial charge in [-0.3, -0.25) is 9.47 Å². The number of aryl methyl sites for hydroxylation is 1. The van der Waals surface area contributed by atoms with Gasteiger partial charge in [0.2, 0.25) is 0 Å². The highest BCUT2D eigenvalue weighted by Gasteiger charge is 2.33. The van der Waals surface area contributed by atoms with Gasteiger partial charge in [-0.1, -0.05) is 30.3 Å². The maximum atomic E-state index is 11.7. The number of oxazole rings is 1. The number of amides is 1. The van der Waals surface area contributed by atoms with E-state index >= 15 is 0 Å². The molecular formula is C22H23N3O4. The molecule has 0 spiro atoms. The molecule has 7 heteroatoms. The molecule has 0 saturated heterocycles. The molecule has 0 bridgehead atoms. The standard InChI is InChI=1S/C22H23N3O4/c1-22(2,3)25(20(26)27)17(13-23)11-14-5-7-15(8-6-14)16-9-10-19-18(12-16)24(4)21(28)29-19/h5-10,12,17H,11H2,1-4H3,(H,26,27)/t17-/m0/s1. The molecule has 3 rings (SSSR count). The summed E-state index contributed by atoms with van der Waals surface area (Å²) in [7, 11) is 1.66. The molecule has 7 nitrogen and oxygen atoms in total. The Morgan fingerprint density at radius 3 is 2.38 bits per heavy atom. The molecule has 29 heavy (non-hydrogen) atoms. The van der Waals surface area contributed by atoms with Crippen molar-refractivity contribution in [1.29, 1.82) is 5.26 Å². The molecule has 0 aliphatic heterocycles. The maximum Gasteiger partial charge on any atom is 0.419 e. The van der Waals surface area contributed by atoms with Crippen LogP contribution in [0.5, 0.6) is 0 Å². The molecule has 0 unspecified atom stereocenters. The number of carbonyl (C=O) groups is 1. The van der Waals surface area contributed by atoms with Crippen LogP contribution < -0.4 is 5.76 Å². The summed E-state index contributed by atoms with van der Waals surface area (Å²) in [5.41, 5.74) is 3.31. The van der Waals surface area contributed by atoms with Crippen molar-refractivity contribution < 1.29 is 14.3 Å². The van der Waals surface area contributed by atoms with Gasteiger partial charge < -0.3 is 9.52 Å². The fourth-order valence-corrected chi connectivity index (χ4v) is 3.45. The highest BCUT2D eigenvalue weighted by Crippen LogP contribution is 2.25. The predicted molar refractivity (Wildman–Crippen MR) is 110 cm³/mol. The first-order chi connectivity index (χ1) is 13.6. The van der Waals surface area contributed by atoms with Gasteiger partial charge in [0, 0.05) is 19.0 Å². The number of hydrogen-bond acceptors (Lipinski definition) is 4. The van der Waals surface area contributed by atoms with Crippen molar-refractivity contribution in [2.24, 2.45) is 7.05 Å². The highest BCUT2D eigenvalue weighted by molar-refractivity contribution is 5.80. The molecule has 0 aliphatic carbocycles. The lowest BCUT2D eigenvalue weighted by Gasteiger charge is -2.36. The van der Waals surface area contributed by atoms with Crippen LogP contribution in [0.3, 0.4) is 0 Å². The Morgan fingerprint density at radius 1 is 1.21 bits per heavy atom. The van der Waals surface area contributed by atoms with Crippen LogP contribution in [0.25, 0.3) is 22.2 Å². The Labute approximate surface area is 168 Å². The van der Waals surface area contributed by atoms with Crippen LogP contribution >= 0.6 is 0 Å². The Kier molecular flexibility index (Phi) is 5.21. The van der Waals surface area contributed by atoms with E-state index in [1.165, 1.54) is 9.47 Å². The molecule has 0 radical (unpaired) electrons. The van der Waals surface area contributed by atoms with Crippen molar-refractivity contribution >= 4 is 17.2 Å². The van der Waals surface area contributed by atoms with E-state index in [-0.39, 0.29) is 0 Å². The third-order valence-electron chi connectivity index (χ3n) is 4.90. The Hall–Kier alpha value is -3.53. The molecule has 1 heterocycles. The van der Waals surface area contributed by atoms with Crippen molar-refractivity contribution in [1.82, 2.24) is 9.47 Å². The lowest BCUT2D eigenvalue weighted by Crippen LogP contribution is -2.51. The van der Waals surface area contributed by atoms with Crippen LogP contribution in [0.4, 0.5) is 4.79 Å². The lowest BCUT2D eigenvalue weighted by atomic mass is 9.97. The van der Waals surface area contributed by atoms with Gasteiger partial charge in [0.15, 0.2) is 5.58 Å². The zero-order valence-corrected chi connectivity index (χ0v) is 16.8. The summed E-state index contributed by atoms with van der Waals surface area (Å²) in [6.07, 6.45) is -0.810. The Morgan fingerprint density at radius 2 is 1.83 bits per heavy atom. The summed E-state index contributed by atoms with van der Waals surface area (Å²) in [5, 5.41) is 19.1. The minimum Gasteiger partial charge on any atom is -0.465 e. The van der Waals surface area contributed by atoms with E-state index in [0.717, 1.165) is 16.7 Å². The van der Waals surface area contributed by atoms with Gasteiger partial charge in [-0.25, -0.2) is 9.59 Å². The number of hydrogen-bond donors (Lipinski definition) is 1. The summed E-state index contributed by atoms with van der Waals surface area (Å²) < 4.78 is 6.61. The fourth-order valence-electron chi connectivity index (χ4n) is 3.45. The maximum absolute atomic E-state index is 11.7. The van der Waals surface area contributed by atoms with E-state index in [2.05, 4.69) is 6.07 Å². The van der Waals surface area contributed by atoms with Crippen LogP contribution in [-0.4, -0.2) is 32.2 Å². The SMILES string of the molecule is Cn1c(=O)oc2ccc(-c3ccc(C[C@@H](C#N)N(C(=O)O)C(C)(C)C)cc3)cc21. The molecule has 1 atom stereocenters. The molecule has 0 saturated carbocycles. The topological polar surface area (TPSA) is 99.5 Å². The highest BCUT2D eigenvalue weighted by atomic mass is 16.4. The first kappa shape index (κ1) is 20.2. The smallest absolute Gasteiger partial charge is 0.419 e. The first-order valence-electron chi connectivity index (χ1n) is 9.22. The van der Waals surface area contributed by atoms with E-state index in [0.29, 0.717) is 17.5 Å². The number of nitriles is 1. The predicted octanol–water partition coefficient (Wildman–Crippen LogP) is 4.01. The zero-order chi connectivity index (χ0) is 21.3. The minimum atomic E-state index is -1.11. The van der Waals surface area contributed by atoms with Gasteiger partial charge >= 0.3 is 11.8 Å². The van der Waals surface area contributed by atoms with E-state index in [9.17, 15) is 20.0 Å². The van der Waals surface area contributed by atoms with Crippen molar-refractivity contribution in [2.75, 3.05) is 0 Å². The number of fused-ring (bicyclic) bond motifs is 1. The van der Waals surface area contributed by atoms with Crippen LogP contribution in [0.2, 0.25) is 0 Å². The van der Waals surface area contributed by atoms with Gasteiger partial charge in [-0.15, -0.1) is 0 Å². The summed E-state index contributed by atoms with van der Waals surface area (Å²) >= 11 is 0. The summed E-state index contributed by atoms with van der Waals surface area (Å²) in [4.78, 5) is 24.5. The second-order valence-electron chi connectivity index (χ2n) is 7.98. The third-order valence-corrected chi connectivity index (χ3v) is 4.90. The molecule has 1 amide bonds. The number of carboxylic acid groups (broad SMARTS) is 1. The molecule has 150 valence electrons. The molecule has 1 aromatic heterocycles. The second kappa shape index (κ2) is 7.47. The van der Waals surface area contributed by atoms with Gasteiger partial charge in [0.25, 0.3) is 0 Å². The van der Waals surface area contributed by atoms with Crippen molar-refractivity contribution in [2.45, 2.75) is 38.8 Å². The third kappa shape index (κ3) is 4.02. The molecule has 3 aromatic rings.